The monoisotopic (exact) mass is 328 g/mol. The van der Waals surface area contributed by atoms with Crippen LogP contribution in [0.25, 0.3) is 0 Å². The van der Waals surface area contributed by atoms with Crippen LogP contribution >= 0.6 is 11.6 Å². The molecule has 0 spiro atoms. The Morgan fingerprint density at radius 1 is 1.33 bits per heavy atom. The maximum absolute atomic E-state index is 12.1. The lowest BCUT2D eigenvalue weighted by Gasteiger charge is -2.07. The molecule has 0 saturated heterocycles. The van der Waals surface area contributed by atoms with Crippen molar-refractivity contribution in [1.82, 2.24) is 4.72 Å². The first-order valence-corrected chi connectivity index (χ1v) is 7.80. The van der Waals surface area contributed by atoms with Crippen LogP contribution in [0.1, 0.15) is 15.9 Å². The van der Waals surface area contributed by atoms with Crippen LogP contribution in [0.2, 0.25) is 5.02 Å². The maximum atomic E-state index is 12.1. The van der Waals surface area contributed by atoms with Crippen molar-refractivity contribution in [2.75, 3.05) is 12.4 Å². The van der Waals surface area contributed by atoms with E-state index in [9.17, 15) is 13.2 Å². The lowest BCUT2D eigenvalue weighted by atomic mass is 10.2. The molecule has 0 atom stereocenters. The molecule has 21 heavy (non-hydrogen) atoms. The summed E-state index contributed by atoms with van der Waals surface area (Å²) in [7, 11) is -2.47. The summed E-state index contributed by atoms with van der Waals surface area (Å²) in [5, 5.41) is 2.70. The Bertz CT molecular complexity index is 783. The van der Waals surface area contributed by atoms with E-state index in [1.165, 1.54) is 7.05 Å². The first kappa shape index (κ1) is 15.6. The number of rotatable bonds is 4. The van der Waals surface area contributed by atoms with Crippen molar-refractivity contribution in [2.45, 2.75) is 12.0 Å². The number of furan rings is 1. The van der Waals surface area contributed by atoms with Gasteiger partial charge < -0.3 is 9.73 Å². The number of sulfonamides is 1. The van der Waals surface area contributed by atoms with Crippen LogP contribution in [0.3, 0.4) is 0 Å². The van der Waals surface area contributed by atoms with E-state index in [0.717, 1.165) is 17.9 Å². The highest BCUT2D eigenvalue weighted by Gasteiger charge is 2.19. The van der Waals surface area contributed by atoms with Crippen LogP contribution in [0.15, 0.2) is 40.0 Å². The molecule has 8 heteroatoms. The molecule has 0 aliphatic carbocycles. The number of carbonyl (C=O) groups excluding carboxylic acids is 1. The molecule has 0 saturated carbocycles. The van der Waals surface area contributed by atoms with E-state index in [-0.39, 0.29) is 10.7 Å². The molecule has 0 fully saturated rings. The van der Waals surface area contributed by atoms with Crippen LogP contribution in [0, 0.1) is 6.92 Å². The summed E-state index contributed by atoms with van der Waals surface area (Å²) in [6.07, 6.45) is 1.07. The van der Waals surface area contributed by atoms with Crippen molar-refractivity contribution in [3.05, 3.63) is 46.7 Å². The highest BCUT2D eigenvalue weighted by Crippen LogP contribution is 2.26. The predicted octanol–water partition coefficient (Wildman–Crippen LogP) is 2.40. The molecular formula is C13H13ClN2O4S. The average Bonchev–Trinajstić information content (AvgIpc) is 2.94. The van der Waals surface area contributed by atoms with Gasteiger partial charge in [0.2, 0.25) is 5.09 Å². The predicted molar refractivity (Wildman–Crippen MR) is 79.1 cm³/mol. The fraction of sp³-hybridized carbons (Fsp3) is 0.154. The first-order chi connectivity index (χ1) is 9.85. The molecule has 0 bridgehead atoms. The van der Waals surface area contributed by atoms with E-state index in [4.69, 9.17) is 16.0 Å². The summed E-state index contributed by atoms with van der Waals surface area (Å²) in [6.45, 7) is 1.81. The van der Waals surface area contributed by atoms with E-state index in [1.54, 1.807) is 12.1 Å². The van der Waals surface area contributed by atoms with E-state index >= 15 is 0 Å². The molecule has 2 aromatic rings. The van der Waals surface area contributed by atoms with Gasteiger partial charge in [-0.05, 0) is 25.6 Å². The van der Waals surface area contributed by atoms with Gasteiger partial charge in [0.05, 0.1) is 16.3 Å². The zero-order valence-electron chi connectivity index (χ0n) is 11.3. The van der Waals surface area contributed by atoms with Gasteiger partial charge in [0.1, 0.15) is 6.26 Å². The number of amides is 1. The molecule has 1 aromatic carbocycles. The second-order valence-electron chi connectivity index (χ2n) is 4.25. The molecule has 0 aliphatic heterocycles. The van der Waals surface area contributed by atoms with Crippen molar-refractivity contribution >= 4 is 33.2 Å². The number of hydrogen-bond donors (Lipinski definition) is 2. The lowest BCUT2D eigenvalue weighted by Crippen LogP contribution is -2.18. The summed E-state index contributed by atoms with van der Waals surface area (Å²) in [5.74, 6) is -0.510. The topological polar surface area (TPSA) is 88.4 Å². The molecule has 2 N–H and O–H groups in total. The summed E-state index contributed by atoms with van der Waals surface area (Å²) >= 11 is 6.08. The SMILES string of the molecule is CNS(=O)(=O)c1cc(C(=O)Nc2cccc(C)c2Cl)co1. The molecule has 112 valence electrons. The van der Waals surface area contributed by atoms with Crippen molar-refractivity contribution in [3.63, 3.8) is 0 Å². The number of nitrogens with one attached hydrogen (secondary N) is 2. The molecule has 0 radical (unpaired) electrons. The van der Waals surface area contributed by atoms with Crippen LogP contribution < -0.4 is 10.0 Å². The summed E-state index contributed by atoms with van der Waals surface area (Å²) < 4.78 is 30.1. The lowest BCUT2D eigenvalue weighted by molar-refractivity contribution is 0.102. The third-order valence-electron chi connectivity index (χ3n) is 2.81. The first-order valence-electron chi connectivity index (χ1n) is 5.93. The fourth-order valence-corrected chi connectivity index (χ4v) is 2.45. The molecule has 0 unspecified atom stereocenters. The van der Waals surface area contributed by atoms with Gasteiger partial charge in [-0.25, -0.2) is 13.1 Å². The van der Waals surface area contributed by atoms with Gasteiger partial charge in [0.15, 0.2) is 0 Å². The standard InChI is InChI=1S/C13H13ClN2O4S/c1-8-4-3-5-10(12(8)14)16-13(17)9-6-11(20-7-9)21(18,19)15-2/h3-7,15H,1-2H3,(H,16,17). The second kappa shape index (κ2) is 5.88. The molecule has 1 heterocycles. The van der Waals surface area contributed by atoms with Crippen LogP contribution in [0.5, 0.6) is 0 Å². The summed E-state index contributed by atoms with van der Waals surface area (Å²) in [6, 6.07) is 6.36. The van der Waals surface area contributed by atoms with E-state index < -0.39 is 15.9 Å². The fourth-order valence-electron chi connectivity index (χ4n) is 1.62. The molecule has 6 nitrogen and oxygen atoms in total. The Balaban J connectivity index is 2.24. The van der Waals surface area contributed by atoms with Gasteiger partial charge in [-0.2, -0.15) is 0 Å². The Labute approximate surface area is 127 Å². The van der Waals surface area contributed by atoms with Crippen LogP contribution in [-0.2, 0) is 10.0 Å². The van der Waals surface area contributed by atoms with Crippen molar-refractivity contribution in [1.29, 1.82) is 0 Å². The smallest absolute Gasteiger partial charge is 0.273 e. The number of anilines is 1. The van der Waals surface area contributed by atoms with Crippen molar-refractivity contribution in [3.8, 4) is 0 Å². The Morgan fingerprint density at radius 2 is 2.05 bits per heavy atom. The van der Waals surface area contributed by atoms with Gasteiger partial charge in [-0.15, -0.1) is 0 Å². The average molecular weight is 329 g/mol. The van der Waals surface area contributed by atoms with E-state index in [1.807, 2.05) is 13.0 Å². The quantitative estimate of drug-likeness (QED) is 0.902. The number of halogens is 1. The molecular weight excluding hydrogens is 316 g/mol. The number of aryl methyl sites for hydroxylation is 1. The zero-order chi connectivity index (χ0) is 15.6. The molecule has 0 aliphatic rings. The van der Waals surface area contributed by atoms with Crippen molar-refractivity contribution < 1.29 is 17.6 Å². The summed E-state index contributed by atoms with van der Waals surface area (Å²) in [5.41, 5.74) is 1.35. The number of carbonyl (C=O) groups is 1. The number of benzene rings is 1. The Morgan fingerprint density at radius 3 is 2.71 bits per heavy atom. The third kappa shape index (κ3) is 3.26. The largest absolute Gasteiger partial charge is 0.451 e. The Hall–Kier alpha value is -1.83. The normalized spacial score (nSPS) is 11.4. The molecule has 2 rings (SSSR count). The highest BCUT2D eigenvalue weighted by atomic mass is 35.5. The minimum atomic E-state index is -3.72. The zero-order valence-corrected chi connectivity index (χ0v) is 12.9. The molecule has 1 aromatic heterocycles. The second-order valence-corrected chi connectivity index (χ2v) is 6.45. The highest BCUT2D eigenvalue weighted by molar-refractivity contribution is 7.89. The van der Waals surface area contributed by atoms with Gasteiger partial charge in [0.25, 0.3) is 15.9 Å². The van der Waals surface area contributed by atoms with Crippen LogP contribution in [-0.4, -0.2) is 21.4 Å². The minimum Gasteiger partial charge on any atom is -0.451 e. The van der Waals surface area contributed by atoms with E-state index in [2.05, 4.69) is 10.0 Å². The molecule has 1 amide bonds. The number of hydrogen-bond acceptors (Lipinski definition) is 4. The summed E-state index contributed by atoms with van der Waals surface area (Å²) in [4.78, 5) is 12.1. The van der Waals surface area contributed by atoms with Gasteiger partial charge in [0, 0.05) is 6.07 Å². The van der Waals surface area contributed by atoms with Crippen molar-refractivity contribution in [2.24, 2.45) is 0 Å². The maximum Gasteiger partial charge on any atom is 0.273 e. The van der Waals surface area contributed by atoms with Gasteiger partial charge >= 0.3 is 0 Å². The van der Waals surface area contributed by atoms with E-state index in [0.29, 0.717) is 10.7 Å². The van der Waals surface area contributed by atoms with Crippen LogP contribution in [0.4, 0.5) is 5.69 Å². The van der Waals surface area contributed by atoms with Gasteiger partial charge in [-0.3, -0.25) is 4.79 Å². The Kier molecular flexibility index (Phi) is 4.36. The minimum absolute atomic E-state index is 0.0846. The third-order valence-corrected chi connectivity index (χ3v) is 4.59. The van der Waals surface area contributed by atoms with Gasteiger partial charge in [-0.1, -0.05) is 23.7 Å².